The number of hydrogen-bond acceptors (Lipinski definition) is 5. The Hall–Kier alpha value is -4.14. The Bertz CT molecular complexity index is 1170. The summed E-state index contributed by atoms with van der Waals surface area (Å²) in [4.78, 5) is 39.8. The average Bonchev–Trinajstić information content (AvgIpc) is 3.25. The number of oxazole rings is 1. The molecule has 0 fully saturated rings. The van der Waals surface area contributed by atoms with Crippen molar-refractivity contribution >= 4 is 29.3 Å². The lowest BCUT2D eigenvalue weighted by Crippen LogP contribution is -2.44. The number of anilines is 2. The van der Waals surface area contributed by atoms with Crippen LogP contribution >= 0.6 is 0 Å². The van der Waals surface area contributed by atoms with Gasteiger partial charge in [-0.25, -0.2) is 14.6 Å². The molecule has 3 rings (SSSR count). The van der Waals surface area contributed by atoms with Crippen LogP contribution in [-0.2, 0) is 4.79 Å². The molecule has 2 aromatic carbocycles. The number of nitrogens with zero attached hydrogens (tertiary/aromatic N) is 1. The van der Waals surface area contributed by atoms with Gasteiger partial charge in [0.2, 0.25) is 0 Å². The van der Waals surface area contributed by atoms with Gasteiger partial charge < -0.3 is 25.5 Å². The van der Waals surface area contributed by atoms with Gasteiger partial charge in [0.15, 0.2) is 5.76 Å². The number of aromatic nitrogens is 1. The number of carboxylic acid groups (broad SMARTS) is 1. The lowest BCUT2D eigenvalue weighted by Gasteiger charge is -2.16. The summed E-state index contributed by atoms with van der Waals surface area (Å²) >= 11 is 0. The van der Waals surface area contributed by atoms with Gasteiger partial charge in [0.1, 0.15) is 6.04 Å². The summed E-state index contributed by atoms with van der Waals surface area (Å²) in [6.07, 6.45) is 1.38. The van der Waals surface area contributed by atoms with E-state index >= 15 is 0 Å². The first-order valence-corrected chi connectivity index (χ1v) is 10.4. The number of hydrogen-bond donors (Lipinski definition) is 4. The number of carbonyl (C=O) groups is 3. The smallest absolute Gasteiger partial charge is 0.326 e. The second-order valence-corrected chi connectivity index (χ2v) is 8.02. The van der Waals surface area contributed by atoms with Crippen molar-refractivity contribution in [3.05, 3.63) is 65.7 Å². The topological polar surface area (TPSA) is 134 Å². The Labute approximate surface area is 191 Å². The Balaban J connectivity index is 1.62. The third kappa shape index (κ3) is 5.97. The SMILES string of the molecule is Cc1ccc(NC(=O)Nc2ccc(-c3cnc(C(=O)NC(C(=O)O)C(C)C)o3)cc2)cc1C. The number of nitrogens with one attached hydrogen (secondary N) is 3. The molecule has 9 heteroatoms. The van der Waals surface area contributed by atoms with Crippen LogP contribution in [0.3, 0.4) is 0 Å². The molecule has 172 valence electrons. The minimum Gasteiger partial charge on any atom is -0.480 e. The molecule has 1 aromatic heterocycles. The molecule has 3 aromatic rings. The Morgan fingerprint density at radius 2 is 1.58 bits per heavy atom. The quantitative estimate of drug-likeness (QED) is 0.420. The van der Waals surface area contributed by atoms with Gasteiger partial charge >= 0.3 is 17.9 Å². The molecule has 3 amide bonds. The van der Waals surface area contributed by atoms with E-state index in [1.54, 1.807) is 38.1 Å². The van der Waals surface area contributed by atoms with Gasteiger partial charge in [0.05, 0.1) is 6.20 Å². The van der Waals surface area contributed by atoms with Crippen LogP contribution in [0, 0.1) is 19.8 Å². The van der Waals surface area contributed by atoms with Crippen molar-refractivity contribution in [2.75, 3.05) is 10.6 Å². The molecule has 4 N–H and O–H groups in total. The van der Waals surface area contributed by atoms with Crippen molar-refractivity contribution in [1.29, 1.82) is 0 Å². The lowest BCUT2D eigenvalue weighted by atomic mass is 10.1. The van der Waals surface area contributed by atoms with Gasteiger partial charge in [-0.3, -0.25) is 4.79 Å². The first kappa shape index (κ1) is 23.5. The van der Waals surface area contributed by atoms with E-state index in [1.807, 2.05) is 32.0 Å². The van der Waals surface area contributed by atoms with E-state index in [2.05, 4.69) is 20.9 Å². The second-order valence-electron chi connectivity index (χ2n) is 8.02. The van der Waals surface area contributed by atoms with Gasteiger partial charge in [-0.1, -0.05) is 19.9 Å². The number of carboxylic acids is 1. The standard InChI is InChI=1S/C24H26N4O5/c1-13(2)20(23(30)31)28-21(29)22-25-12-19(33-22)16-6-9-17(10-7-16)26-24(32)27-18-8-5-14(3)15(4)11-18/h5-13,20H,1-4H3,(H,28,29)(H,30,31)(H2,26,27,32). The molecule has 1 unspecified atom stereocenters. The van der Waals surface area contributed by atoms with E-state index in [9.17, 15) is 19.5 Å². The summed E-state index contributed by atoms with van der Waals surface area (Å²) < 4.78 is 5.50. The maximum Gasteiger partial charge on any atom is 0.326 e. The van der Waals surface area contributed by atoms with E-state index in [4.69, 9.17) is 4.42 Å². The average molecular weight is 450 g/mol. The molecule has 1 atom stereocenters. The van der Waals surface area contributed by atoms with Crippen LogP contribution in [0.2, 0.25) is 0 Å². The minimum atomic E-state index is -1.13. The van der Waals surface area contributed by atoms with Gasteiger partial charge in [0.25, 0.3) is 5.89 Å². The number of urea groups is 1. The van der Waals surface area contributed by atoms with Crippen molar-refractivity contribution < 1.29 is 23.9 Å². The van der Waals surface area contributed by atoms with Crippen molar-refractivity contribution in [2.24, 2.45) is 5.92 Å². The largest absolute Gasteiger partial charge is 0.480 e. The van der Waals surface area contributed by atoms with E-state index < -0.39 is 17.9 Å². The molecule has 0 spiro atoms. The molecular formula is C24H26N4O5. The second kappa shape index (κ2) is 9.99. The first-order valence-electron chi connectivity index (χ1n) is 10.4. The number of aryl methyl sites for hydroxylation is 2. The predicted octanol–water partition coefficient (Wildman–Crippen LogP) is 4.44. The maximum atomic E-state index is 12.3. The molecule has 0 radical (unpaired) electrons. The summed E-state index contributed by atoms with van der Waals surface area (Å²) in [6, 6.07) is 11.1. The first-order chi connectivity index (χ1) is 15.6. The maximum absolute atomic E-state index is 12.3. The summed E-state index contributed by atoms with van der Waals surface area (Å²) in [5, 5.41) is 17.2. The third-order valence-corrected chi connectivity index (χ3v) is 5.11. The predicted molar refractivity (Wildman–Crippen MR) is 124 cm³/mol. The summed E-state index contributed by atoms with van der Waals surface area (Å²) in [6.45, 7) is 7.36. The zero-order valence-corrected chi connectivity index (χ0v) is 18.8. The Morgan fingerprint density at radius 1 is 0.939 bits per heavy atom. The van der Waals surface area contributed by atoms with E-state index in [-0.39, 0.29) is 17.8 Å². The van der Waals surface area contributed by atoms with Gasteiger partial charge in [-0.2, -0.15) is 0 Å². The third-order valence-electron chi connectivity index (χ3n) is 5.11. The van der Waals surface area contributed by atoms with Crippen molar-refractivity contribution in [3.8, 4) is 11.3 Å². The summed E-state index contributed by atoms with van der Waals surface area (Å²) in [7, 11) is 0. The minimum absolute atomic E-state index is 0.230. The molecule has 33 heavy (non-hydrogen) atoms. The van der Waals surface area contributed by atoms with Crippen LogP contribution in [0.4, 0.5) is 16.2 Å². The summed E-state index contributed by atoms with van der Waals surface area (Å²) in [5.74, 6) is -2.03. The van der Waals surface area contributed by atoms with Crippen LogP contribution < -0.4 is 16.0 Å². The Morgan fingerprint density at radius 3 is 2.18 bits per heavy atom. The highest BCUT2D eigenvalue weighted by Gasteiger charge is 2.26. The van der Waals surface area contributed by atoms with E-state index in [0.717, 1.165) is 11.1 Å². The number of carbonyl (C=O) groups excluding carboxylic acids is 2. The number of benzene rings is 2. The summed E-state index contributed by atoms with van der Waals surface area (Å²) in [5.41, 5.74) is 4.13. The van der Waals surface area contributed by atoms with Crippen LogP contribution in [0.5, 0.6) is 0 Å². The van der Waals surface area contributed by atoms with Crippen molar-refractivity contribution in [1.82, 2.24) is 10.3 Å². The van der Waals surface area contributed by atoms with Crippen LogP contribution in [-0.4, -0.2) is 34.0 Å². The highest BCUT2D eigenvalue weighted by molar-refractivity contribution is 6.00. The fourth-order valence-electron chi connectivity index (χ4n) is 3.06. The van der Waals surface area contributed by atoms with Crippen LogP contribution in [0.15, 0.2) is 53.1 Å². The number of rotatable bonds is 7. The fourth-order valence-corrected chi connectivity index (χ4v) is 3.06. The highest BCUT2D eigenvalue weighted by atomic mass is 16.4. The molecular weight excluding hydrogens is 424 g/mol. The van der Waals surface area contributed by atoms with Crippen LogP contribution in [0.1, 0.15) is 35.7 Å². The highest BCUT2D eigenvalue weighted by Crippen LogP contribution is 2.23. The molecule has 0 aliphatic carbocycles. The fraction of sp³-hybridized carbons (Fsp3) is 0.250. The number of aliphatic carboxylic acids is 1. The van der Waals surface area contributed by atoms with E-state index in [1.165, 1.54) is 6.20 Å². The van der Waals surface area contributed by atoms with Gasteiger partial charge in [-0.15, -0.1) is 0 Å². The van der Waals surface area contributed by atoms with Gasteiger partial charge in [0, 0.05) is 16.9 Å². The molecule has 1 heterocycles. The normalized spacial score (nSPS) is 11.7. The van der Waals surface area contributed by atoms with Gasteiger partial charge in [-0.05, 0) is 67.3 Å². The molecule has 0 bridgehead atoms. The number of amides is 3. The van der Waals surface area contributed by atoms with Crippen molar-refractivity contribution in [3.63, 3.8) is 0 Å². The van der Waals surface area contributed by atoms with Crippen molar-refractivity contribution in [2.45, 2.75) is 33.7 Å². The molecule has 9 nitrogen and oxygen atoms in total. The van der Waals surface area contributed by atoms with Crippen LogP contribution in [0.25, 0.3) is 11.3 Å². The molecule has 0 aliphatic rings. The van der Waals surface area contributed by atoms with E-state index in [0.29, 0.717) is 22.7 Å². The molecule has 0 saturated carbocycles. The Kier molecular flexibility index (Phi) is 7.12. The molecule has 0 aliphatic heterocycles. The zero-order chi connectivity index (χ0) is 24.1. The zero-order valence-electron chi connectivity index (χ0n) is 18.8. The molecule has 0 saturated heterocycles. The lowest BCUT2D eigenvalue weighted by molar-refractivity contribution is -0.140. The monoisotopic (exact) mass is 450 g/mol.